The second kappa shape index (κ2) is 6.45. The van der Waals surface area contributed by atoms with E-state index in [0.29, 0.717) is 19.1 Å². The van der Waals surface area contributed by atoms with Crippen molar-refractivity contribution in [3.63, 3.8) is 0 Å². The molecule has 1 aliphatic heterocycles. The average Bonchev–Trinajstić information content (AvgIpc) is 2.85. The molecule has 1 aromatic rings. The van der Waals surface area contributed by atoms with Crippen molar-refractivity contribution >= 4 is 11.8 Å². The van der Waals surface area contributed by atoms with Crippen LogP contribution in [0.5, 0.6) is 0 Å². The second-order valence-corrected chi connectivity index (χ2v) is 5.04. The van der Waals surface area contributed by atoms with Crippen molar-refractivity contribution in [3.8, 4) is 0 Å². The van der Waals surface area contributed by atoms with Crippen LogP contribution in [0, 0.1) is 12.8 Å². The summed E-state index contributed by atoms with van der Waals surface area (Å²) in [6.07, 6.45) is 0.803. The van der Waals surface area contributed by atoms with Gasteiger partial charge in [0.05, 0.1) is 6.61 Å². The molecule has 1 unspecified atom stereocenters. The Balaban J connectivity index is 1.81. The largest absolute Gasteiger partial charge is 0.450 e. The summed E-state index contributed by atoms with van der Waals surface area (Å²) >= 11 is 0. The number of amides is 1. The molecule has 1 saturated heterocycles. The molecule has 0 radical (unpaired) electrons. The van der Waals surface area contributed by atoms with Crippen molar-refractivity contribution in [3.05, 3.63) is 29.8 Å². The van der Waals surface area contributed by atoms with Crippen LogP contribution in [-0.2, 0) is 4.74 Å². The van der Waals surface area contributed by atoms with Crippen molar-refractivity contribution in [1.29, 1.82) is 0 Å². The van der Waals surface area contributed by atoms with Crippen LogP contribution in [-0.4, -0.2) is 32.3 Å². The minimum atomic E-state index is -0.309. The van der Waals surface area contributed by atoms with Crippen molar-refractivity contribution in [1.82, 2.24) is 5.32 Å². The van der Waals surface area contributed by atoms with Gasteiger partial charge in [-0.2, -0.15) is 0 Å². The number of hydrogen-bond acceptors (Lipinski definition) is 3. The van der Waals surface area contributed by atoms with E-state index in [1.165, 1.54) is 11.3 Å². The summed E-state index contributed by atoms with van der Waals surface area (Å²) in [5.74, 6) is 0.505. The molecule has 0 aliphatic carbocycles. The van der Waals surface area contributed by atoms with Crippen LogP contribution in [0.4, 0.5) is 10.5 Å². The smallest absolute Gasteiger partial charge is 0.407 e. The number of nitrogens with one attached hydrogen (secondary N) is 1. The minimum Gasteiger partial charge on any atom is -0.450 e. The van der Waals surface area contributed by atoms with Gasteiger partial charge in [0.2, 0.25) is 0 Å². The monoisotopic (exact) mass is 262 g/mol. The first-order valence-corrected chi connectivity index (χ1v) is 6.91. The molecule has 1 N–H and O–H groups in total. The predicted octanol–water partition coefficient (Wildman–Crippen LogP) is 2.57. The summed E-state index contributed by atoms with van der Waals surface area (Å²) in [6.45, 7) is 7.09. The van der Waals surface area contributed by atoms with Gasteiger partial charge in [0.1, 0.15) is 0 Å². The lowest BCUT2D eigenvalue weighted by Crippen LogP contribution is -2.31. The molecule has 0 spiro atoms. The van der Waals surface area contributed by atoms with Gasteiger partial charge in [0.15, 0.2) is 0 Å². The van der Waals surface area contributed by atoms with E-state index in [0.717, 1.165) is 19.5 Å². The number of nitrogens with zero attached hydrogens (tertiary/aromatic N) is 1. The Bertz CT molecular complexity index is 434. The van der Waals surface area contributed by atoms with E-state index in [1.54, 1.807) is 0 Å². The lowest BCUT2D eigenvalue weighted by atomic mass is 10.1. The van der Waals surface area contributed by atoms with Crippen molar-refractivity contribution < 1.29 is 9.53 Å². The van der Waals surface area contributed by atoms with Gasteiger partial charge in [-0.25, -0.2) is 4.79 Å². The number of rotatable bonds is 4. The molecule has 104 valence electrons. The zero-order valence-corrected chi connectivity index (χ0v) is 11.7. The SMILES string of the molecule is CCOC(=O)NCC1CCN(c2cccc(C)c2)C1. The van der Waals surface area contributed by atoms with Crippen LogP contribution < -0.4 is 10.2 Å². The Morgan fingerprint density at radius 3 is 3.11 bits per heavy atom. The molecular weight excluding hydrogens is 240 g/mol. The number of alkyl carbamates (subject to hydrolysis) is 1. The van der Waals surface area contributed by atoms with Crippen LogP contribution in [0.15, 0.2) is 24.3 Å². The highest BCUT2D eigenvalue weighted by molar-refractivity contribution is 5.67. The third-order valence-electron chi connectivity index (χ3n) is 3.46. The van der Waals surface area contributed by atoms with Crippen molar-refractivity contribution in [2.24, 2.45) is 5.92 Å². The average molecular weight is 262 g/mol. The Morgan fingerprint density at radius 1 is 1.53 bits per heavy atom. The first-order chi connectivity index (χ1) is 9.19. The van der Waals surface area contributed by atoms with Gasteiger partial charge >= 0.3 is 6.09 Å². The Labute approximate surface area is 114 Å². The lowest BCUT2D eigenvalue weighted by molar-refractivity contribution is 0.151. The molecule has 2 rings (SSSR count). The number of ether oxygens (including phenoxy) is 1. The van der Waals surface area contributed by atoms with Crippen LogP contribution in [0.2, 0.25) is 0 Å². The van der Waals surface area contributed by atoms with E-state index in [2.05, 4.69) is 41.4 Å². The Hall–Kier alpha value is -1.71. The van der Waals surface area contributed by atoms with E-state index in [-0.39, 0.29) is 6.09 Å². The fourth-order valence-electron chi connectivity index (χ4n) is 2.47. The quantitative estimate of drug-likeness (QED) is 0.906. The molecule has 0 aromatic heterocycles. The highest BCUT2D eigenvalue weighted by Gasteiger charge is 2.23. The fraction of sp³-hybridized carbons (Fsp3) is 0.533. The molecule has 4 heteroatoms. The van der Waals surface area contributed by atoms with Crippen molar-refractivity contribution in [2.75, 3.05) is 31.1 Å². The van der Waals surface area contributed by atoms with Crippen LogP contribution >= 0.6 is 0 Å². The van der Waals surface area contributed by atoms with Gasteiger partial charge in [-0.3, -0.25) is 0 Å². The predicted molar refractivity (Wildman–Crippen MR) is 76.5 cm³/mol. The fourth-order valence-corrected chi connectivity index (χ4v) is 2.47. The Kier molecular flexibility index (Phi) is 4.66. The highest BCUT2D eigenvalue weighted by Crippen LogP contribution is 2.24. The van der Waals surface area contributed by atoms with Gasteiger partial charge in [0, 0.05) is 25.3 Å². The number of hydrogen-bond donors (Lipinski definition) is 1. The third kappa shape index (κ3) is 3.88. The van der Waals surface area contributed by atoms with Gasteiger partial charge in [-0.05, 0) is 43.9 Å². The maximum atomic E-state index is 11.2. The van der Waals surface area contributed by atoms with Crippen LogP contribution in [0.3, 0.4) is 0 Å². The number of benzene rings is 1. The molecule has 1 atom stereocenters. The number of aryl methyl sites for hydroxylation is 1. The first kappa shape index (κ1) is 13.7. The molecule has 0 saturated carbocycles. The number of anilines is 1. The topological polar surface area (TPSA) is 41.6 Å². The highest BCUT2D eigenvalue weighted by atomic mass is 16.5. The molecule has 0 bridgehead atoms. The molecule has 1 aromatic carbocycles. The van der Waals surface area contributed by atoms with Gasteiger partial charge in [0.25, 0.3) is 0 Å². The molecule has 1 amide bonds. The zero-order valence-electron chi connectivity index (χ0n) is 11.7. The minimum absolute atomic E-state index is 0.309. The van der Waals surface area contributed by atoms with E-state index in [4.69, 9.17) is 4.74 Å². The zero-order chi connectivity index (χ0) is 13.7. The summed E-state index contributed by atoms with van der Waals surface area (Å²) in [5.41, 5.74) is 2.56. The molecule has 19 heavy (non-hydrogen) atoms. The van der Waals surface area contributed by atoms with Gasteiger partial charge in [-0.15, -0.1) is 0 Å². The normalized spacial score (nSPS) is 18.4. The summed E-state index contributed by atoms with van der Waals surface area (Å²) in [4.78, 5) is 13.6. The van der Waals surface area contributed by atoms with Crippen molar-refractivity contribution in [2.45, 2.75) is 20.3 Å². The molecule has 1 aliphatic rings. The number of carbonyl (C=O) groups excluding carboxylic acids is 1. The van der Waals surface area contributed by atoms with E-state index in [1.807, 2.05) is 6.92 Å². The third-order valence-corrected chi connectivity index (χ3v) is 3.46. The summed E-state index contributed by atoms with van der Waals surface area (Å²) in [5, 5.41) is 2.82. The van der Waals surface area contributed by atoms with Gasteiger partial charge < -0.3 is 15.0 Å². The van der Waals surface area contributed by atoms with Gasteiger partial charge in [-0.1, -0.05) is 12.1 Å². The first-order valence-electron chi connectivity index (χ1n) is 6.91. The standard InChI is InChI=1S/C15H22N2O2/c1-3-19-15(18)16-10-13-7-8-17(11-13)14-6-4-5-12(2)9-14/h4-6,9,13H,3,7-8,10-11H2,1-2H3,(H,16,18). The molecule has 1 fully saturated rings. The molecular formula is C15H22N2O2. The lowest BCUT2D eigenvalue weighted by Gasteiger charge is -2.19. The summed E-state index contributed by atoms with van der Waals surface area (Å²) < 4.78 is 4.87. The molecule has 4 nitrogen and oxygen atoms in total. The maximum Gasteiger partial charge on any atom is 0.407 e. The molecule has 1 heterocycles. The van der Waals surface area contributed by atoms with E-state index >= 15 is 0 Å². The maximum absolute atomic E-state index is 11.2. The van der Waals surface area contributed by atoms with Crippen LogP contribution in [0.1, 0.15) is 18.9 Å². The van der Waals surface area contributed by atoms with E-state index < -0.39 is 0 Å². The number of carbonyl (C=O) groups is 1. The summed E-state index contributed by atoms with van der Waals surface area (Å²) in [6, 6.07) is 8.56. The summed E-state index contributed by atoms with van der Waals surface area (Å²) in [7, 11) is 0. The van der Waals surface area contributed by atoms with Crippen LogP contribution in [0.25, 0.3) is 0 Å². The Morgan fingerprint density at radius 2 is 2.37 bits per heavy atom. The van der Waals surface area contributed by atoms with E-state index in [9.17, 15) is 4.79 Å². The second-order valence-electron chi connectivity index (χ2n) is 5.04.